The highest BCUT2D eigenvalue weighted by Crippen LogP contribution is 2.30. The van der Waals surface area contributed by atoms with E-state index in [2.05, 4.69) is 15.3 Å². The van der Waals surface area contributed by atoms with Crippen molar-refractivity contribution in [3.8, 4) is 0 Å². The van der Waals surface area contributed by atoms with Gasteiger partial charge in [-0.05, 0) is 5.92 Å². The van der Waals surface area contributed by atoms with Crippen molar-refractivity contribution >= 4 is 34.1 Å². The molecule has 0 saturated carbocycles. The molecule has 5 nitrogen and oxygen atoms in total. The number of aromatic nitrogens is 2. The lowest BCUT2D eigenvalue weighted by molar-refractivity contribution is -0.116. The van der Waals surface area contributed by atoms with Gasteiger partial charge in [-0.25, -0.2) is 9.97 Å². The van der Waals surface area contributed by atoms with E-state index in [4.69, 9.17) is 4.42 Å². The van der Waals surface area contributed by atoms with Crippen LogP contribution in [0.1, 0.15) is 38.8 Å². The summed E-state index contributed by atoms with van der Waals surface area (Å²) in [7, 11) is 0. The van der Waals surface area contributed by atoms with E-state index in [1.165, 1.54) is 11.3 Å². The molecule has 7 heteroatoms. The summed E-state index contributed by atoms with van der Waals surface area (Å²) in [4.78, 5) is 20.1. The third kappa shape index (κ3) is 5.17. The molecule has 1 amide bonds. The number of hydrogen-bond acceptors (Lipinski definition) is 6. The molecule has 0 bridgehead atoms. The van der Waals surface area contributed by atoms with Gasteiger partial charge in [0, 0.05) is 12.8 Å². The van der Waals surface area contributed by atoms with Crippen molar-refractivity contribution in [3.63, 3.8) is 0 Å². The van der Waals surface area contributed by atoms with Crippen LogP contribution in [0.25, 0.3) is 0 Å². The largest absolute Gasteiger partial charge is 0.445 e. The van der Waals surface area contributed by atoms with Crippen LogP contribution < -0.4 is 5.32 Å². The van der Waals surface area contributed by atoms with Gasteiger partial charge in [-0.15, -0.1) is 11.8 Å². The molecule has 0 fully saturated rings. The second kappa shape index (κ2) is 7.61. The lowest BCUT2D eigenvalue weighted by atomic mass is 10.1. The Labute approximate surface area is 132 Å². The van der Waals surface area contributed by atoms with Crippen molar-refractivity contribution < 1.29 is 9.21 Å². The fourth-order valence-electron chi connectivity index (χ4n) is 1.64. The third-order valence-electron chi connectivity index (χ3n) is 2.61. The molecule has 0 aromatic carbocycles. The van der Waals surface area contributed by atoms with Crippen LogP contribution in [0.5, 0.6) is 0 Å². The van der Waals surface area contributed by atoms with Gasteiger partial charge in [0.15, 0.2) is 5.13 Å². The number of oxazole rings is 1. The molecule has 2 aromatic heterocycles. The van der Waals surface area contributed by atoms with Crippen molar-refractivity contribution in [2.45, 2.75) is 43.6 Å². The zero-order valence-corrected chi connectivity index (χ0v) is 14.0. The average molecular weight is 325 g/mol. The highest BCUT2D eigenvalue weighted by atomic mass is 32.2. The number of nitrogens with one attached hydrogen (secondary N) is 1. The van der Waals surface area contributed by atoms with E-state index in [0.717, 1.165) is 22.3 Å². The predicted octanol–water partition coefficient (Wildman–Crippen LogP) is 3.97. The van der Waals surface area contributed by atoms with E-state index >= 15 is 0 Å². The first-order valence-electron chi connectivity index (χ1n) is 6.89. The standard InChI is InChI=1S/C14H19N3O2S2/c1-4-10-6-15-12(19-10)8-20-13-7-16-14(21-13)17-11(18)5-9(2)3/h6-7,9H,4-5,8H2,1-3H3,(H,16,17,18). The Balaban J connectivity index is 1.84. The number of amides is 1. The molecule has 2 heterocycles. The van der Waals surface area contributed by atoms with Crippen LogP contribution in [0.3, 0.4) is 0 Å². The Bertz CT molecular complexity index is 593. The maximum atomic E-state index is 11.7. The number of carbonyl (C=O) groups excluding carboxylic acids is 1. The first-order valence-corrected chi connectivity index (χ1v) is 8.69. The minimum Gasteiger partial charge on any atom is -0.445 e. The minimum atomic E-state index is 0.0104. The number of aryl methyl sites for hydroxylation is 1. The molecular weight excluding hydrogens is 306 g/mol. The van der Waals surface area contributed by atoms with E-state index in [9.17, 15) is 4.79 Å². The summed E-state index contributed by atoms with van der Waals surface area (Å²) in [5.41, 5.74) is 0. The molecule has 2 aromatic rings. The Hall–Kier alpha value is -1.34. The molecule has 1 N–H and O–H groups in total. The van der Waals surface area contributed by atoms with Crippen LogP contribution in [0.4, 0.5) is 5.13 Å². The van der Waals surface area contributed by atoms with Gasteiger partial charge in [0.05, 0.1) is 22.4 Å². The van der Waals surface area contributed by atoms with E-state index in [1.54, 1.807) is 24.2 Å². The van der Waals surface area contributed by atoms with Crippen LogP contribution in [0.2, 0.25) is 0 Å². The van der Waals surface area contributed by atoms with Crippen LogP contribution in [0.15, 0.2) is 21.0 Å². The first-order chi connectivity index (χ1) is 10.1. The summed E-state index contributed by atoms with van der Waals surface area (Å²) < 4.78 is 6.59. The van der Waals surface area contributed by atoms with Gasteiger partial charge in [-0.3, -0.25) is 4.79 Å². The lowest BCUT2D eigenvalue weighted by Gasteiger charge is -2.03. The van der Waals surface area contributed by atoms with E-state index < -0.39 is 0 Å². The molecule has 21 heavy (non-hydrogen) atoms. The molecule has 0 spiro atoms. The van der Waals surface area contributed by atoms with Crippen LogP contribution >= 0.6 is 23.1 Å². The summed E-state index contributed by atoms with van der Waals surface area (Å²) in [5, 5.41) is 3.46. The molecule has 114 valence electrons. The second-order valence-corrected chi connectivity index (χ2v) is 7.30. The average Bonchev–Trinajstić information content (AvgIpc) is 3.04. The number of hydrogen-bond donors (Lipinski definition) is 1. The van der Waals surface area contributed by atoms with Crippen LogP contribution in [-0.4, -0.2) is 15.9 Å². The quantitative estimate of drug-likeness (QED) is 0.780. The van der Waals surface area contributed by atoms with Gasteiger partial charge < -0.3 is 9.73 Å². The van der Waals surface area contributed by atoms with Gasteiger partial charge in [-0.1, -0.05) is 32.1 Å². The molecule has 0 aliphatic carbocycles. The minimum absolute atomic E-state index is 0.0104. The summed E-state index contributed by atoms with van der Waals surface area (Å²) in [6, 6.07) is 0. The monoisotopic (exact) mass is 325 g/mol. The molecule has 0 atom stereocenters. The van der Waals surface area contributed by atoms with Gasteiger partial charge in [0.2, 0.25) is 11.8 Å². The highest BCUT2D eigenvalue weighted by molar-refractivity contribution is 8.00. The number of carbonyl (C=O) groups is 1. The van der Waals surface area contributed by atoms with Crippen LogP contribution in [0, 0.1) is 5.92 Å². The second-order valence-electron chi connectivity index (χ2n) is 4.99. The zero-order chi connectivity index (χ0) is 15.2. The fourth-order valence-corrected chi connectivity index (χ4v) is 3.38. The molecule has 0 unspecified atom stereocenters. The summed E-state index contributed by atoms with van der Waals surface area (Å²) in [6.45, 7) is 6.07. The normalized spacial score (nSPS) is 11.0. The smallest absolute Gasteiger partial charge is 0.226 e. The molecule has 0 radical (unpaired) electrons. The summed E-state index contributed by atoms with van der Waals surface area (Å²) >= 11 is 3.08. The summed E-state index contributed by atoms with van der Waals surface area (Å²) in [5.74, 6) is 2.64. The van der Waals surface area contributed by atoms with Gasteiger partial charge in [-0.2, -0.15) is 0 Å². The van der Waals surface area contributed by atoms with Crippen LogP contribution in [-0.2, 0) is 17.0 Å². The number of nitrogens with zero attached hydrogens (tertiary/aromatic N) is 2. The number of rotatable bonds is 7. The molecule has 2 rings (SSSR count). The summed E-state index contributed by atoms with van der Waals surface area (Å²) in [6.07, 6.45) is 4.90. The molecule has 0 aliphatic heterocycles. The Morgan fingerprint density at radius 2 is 2.24 bits per heavy atom. The maximum Gasteiger partial charge on any atom is 0.226 e. The zero-order valence-electron chi connectivity index (χ0n) is 12.4. The van der Waals surface area contributed by atoms with E-state index in [1.807, 2.05) is 20.8 Å². The molecule has 0 saturated heterocycles. The van der Waals surface area contributed by atoms with E-state index in [0.29, 0.717) is 23.2 Å². The van der Waals surface area contributed by atoms with Crippen molar-refractivity contribution in [2.24, 2.45) is 5.92 Å². The number of thioether (sulfide) groups is 1. The Morgan fingerprint density at radius 1 is 1.43 bits per heavy atom. The van der Waals surface area contributed by atoms with Crippen molar-refractivity contribution in [1.29, 1.82) is 0 Å². The van der Waals surface area contributed by atoms with Crippen molar-refractivity contribution in [3.05, 3.63) is 24.0 Å². The third-order valence-corrected chi connectivity index (χ3v) is 4.70. The number of anilines is 1. The lowest BCUT2D eigenvalue weighted by Crippen LogP contribution is -2.13. The first kappa shape index (κ1) is 16.0. The fraction of sp³-hybridized carbons (Fsp3) is 0.500. The Morgan fingerprint density at radius 3 is 2.90 bits per heavy atom. The molecule has 0 aliphatic rings. The van der Waals surface area contributed by atoms with Gasteiger partial charge >= 0.3 is 0 Å². The Kier molecular flexibility index (Phi) is 5.81. The van der Waals surface area contributed by atoms with Crippen molar-refractivity contribution in [2.75, 3.05) is 5.32 Å². The number of thiazole rings is 1. The topological polar surface area (TPSA) is 68.0 Å². The molecular formula is C14H19N3O2S2. The van der Waals surface area contributed by atoms with Gasteiger partial charge in [0.1, 0.15) is 5.76 Å². The highest BCUT2D eigenvalue weighted by Gasteiger charge is 2.10. The van der Waals surface area contributed by atoms with Crippen molar-refractivity contribution in [1.82, 2.24) is 9.97 Å². The maximum absolute atomic E-state index is 11.7. The SMILES string of the molecule is CCc1cnc(CSc2cnc(NC(=O)CC(C)C)s2)o1. The predicted molar refractivity (Wildman–Crippen MR) is 85.6 cm³/mol. The van der Waals surface area contributed by atoms with Gasteiger partial charge in [0.25, 0.3) is 0 Å². The van der Waals surface area contributed by atoms with E-state index in [-0.39, 0.29) is 5.91 Å².